The molecule has 0 atom stereocenters. The molecule has 0 aliphatic rings. The first-order valence-electron chi connectivity index (χ1n) is 5.88. The molecule has 3 aromatic rings. The smallest absolute Gasteiger partial charge is 0.0795 e. The molecule has 2 nitrogen and oxygen atoms in total. The number of pyridine rings is 2. The van der Waals surface area contributed by atoms with Crippen molar-refractivity contribution in [3.05, 3.63) is 48.8 Å². The molecule has 2 aromatic heterocycles. The molecule has 0 unspecified atom stereocenters. The molecule has 0 saturated heterocycles. The third-order valence-electron chi connectivity index (χ3n) is 2.65. The summed E-state index contributed by atoms with van der Waals surface area (Å²) in [5, 5.41) is 2.28. The molecular formula is C14H8CuF5N2. The van der Waals surface area contributed by atoms with Crippen LogP contribution in [0.15, 0.2) is 48.8 Å². The van der Waals surface area contributed by atoms with Crippen LogP contribution in [-0.4, -0.2) is 21.0 Å². The second kappa shape index (κ2) is 6.14. The second-order valence-corrected chi connectivity index (χ2v) is 4.75. The predicted molar refractivity (Wildman–Crippen MR) is 68.0 cm³/mol. The number of alkyl halides is 5. The van der Waals surface area contributed by atoms with Gasteiger partial charge in [-0.15, -0.1) is 0 Å². The van der Waals surface area contributed by atoms with Crippen molar-refractivity contribution in [2.75, 3.05) is 0 Å². The fourth-order valence-electron chi connectivity index (χ4n) is 1.70. The van der Waals surface area contributed by atoms with E-state index in [0.717, 1.165) is 21.8 Å². The number of nitrogens with zero attached hydrogens (tertiary/aromatic N) is 2. The Hall–Kier alpha value is -1.79. The zero-order valence-corrected chi connectivity index (χ0v) is 11.6. The molecule has 120 valence electrons. The minimum Gasteiger partial charge on any atom is -0.256 e. The fourth-order valence-corrected chi connectivity index (χ4v) is 1.70. The van der Waals surface area contributed by atoms with Crippen LogP contribution in [0, 0.1) is 0 Å². The van der Waals surface area contributed by atoms with Crippen LogP contribution in [-0.2, 0) is 16.0 Å². The van der Waals surface area contributed by atoms with Gasteiger partial charge in [0.15, 0.2) is 0 Å². The zero-order valence-electron chi connectivity index (χ0n) is 10.7. The minimum atomic E-state index is -5.59. The number of halogens is 5. The van der Waals surface area contributed by atoms with E-state index < -0.39 is 11.0 Å². The Morgan fingerprint density at radius 2 is 1.41 bits per heavy atom. The molecule has 3 rings (SSSR count). The van der Waals surface area contributed by atoms with Gasteiger partial charge in [0, 0.05) is 23.2 Å². The molecule has 1 aromatic carbocycles. The predicted octanol–water partition coefficient (Wildman–Crippen LogP) is 4.47. The van der Waals surface area contributed by atoms with Gasteiger partial charge in [0.1, 0.15) is 0 Å². The van der Waals surface area contributed by atoms with Crippen molar-refractivity contribution in [2.24, 2.45) is 0 Å². The molecule has 8 heteroatoms. The molecule has 0 radical (unpaired) electrons. The molecule has 2 heterocycles. The second-order valence-electron chi connectivity index (χ2n) is 4.16. The molecule has 0 spiro atoms. The largest absolute Gasteiger partial charge is 0.256 e. The third kappa shape index (κ3) is 3.69. The van der Waals surface area contributed by atoms with Crippen LogP contribution < -0.4 is 0 Å². The summed E-state index contributed by atoms with van der Waals surface area (Å²) < 4.78 is 53.9. The van der Waals surface area contributed by atoms with E-state index in [1.54, 1.807) is 6.20 Å². The summed E-state index contributed by atoms with van der Waals surface area (Å²) in [5.41, 5.74) is 2.02. The van der Waals surface area contributed by atoms with Crippen molar-refractivity contribution in [1.82, 2.24) is 9.97 Å². The Kier molecular flexibility index (Phi) is 4.63. The van der Waals surface area contributed by atoms with Crippen molar-refractivity contribution in [2.45, 2.75) is 11.0 Å². The molecule has 0 aliphatic heterocycles. The van der Waals surface area contributed by atoms with Crippen LogP contribution in [0.3, 0.4) is 0 Å². The van der Waals surface area contributed by atoms with Gasteiger partial charge in [0.05, 0.1) is 11.0 Å². The molecular weight excluding hydrogens is 355 g/mol. The quantitative estimate of drug-likeness (QED) is 0.335. The van der Waals surface area contributed by atoms with Gasteiger partial charge >= 0.3 is 49.0 Å². The fraction of sp³-hybridized carbons (Fsp3) is 0.143. The monoisotopic (exact) mass is 362 g/mol. The molecule has 0 amide bonds. The normalized spacial score (nSPS) is 12.1. The Morgan fingerprint density at radius 3 is 2.05 bits per heavy atom. The van der Waals surface area contributed by atoms with Gasteiger partial charge in [0.25, 0.3) is 0 Å². The number of aromatic nitrogens is 2. The Balaban J connectivity index is 0.000000192. The van der Waals surface area contributed by atoms with E-state index >= 15 is 0 Å². The standard InChI is InChI=1S/C12H8N2.C2F5.Cu/c1-3-9-5-6-11-10(4-2-7-13-11)12(9)14-8-1;3-1(4)2(5,6)7;/h1-8H;;. The molecule has 22 heavy (non-hydrogen) atoms. The van der Waals surface area contributed by atoms with E-state index in [1.165, 1.54) is 0 Å². The summed E-state index contributed by atoms with van der Waals surface area (Å²) in [6.45, 7) is 0. The van der Waals surface area contributed by atoms with Crippen molar-refractivity contribution in [1.29, 1.82) is 0 Å². The summed E-state index contributed by atoms with van der Waals surface area (Å²) >= 11 is 2.91. The average molecular weight is 363 g/mol. The van der Waals surface area contributed by atoms with E-state index in [4.69, 9.17) is 0 Å². The van der Waals surface area contributed by atoms with E-state index in [2.05, 4.69) is 44.2 Å². The number of benzene rings is 1. The number of fused-ring (bicyclic) bond motifs is 3. The summed E-state index contributed by atoms with van der Waals surface area (Å²) in [6, 6.07) is 12.1. The summed E-state index contributed by atoms with van der Waals surface area (Å²) in [5.74, 6) is 0. The Morgan fingerprint density at radius 1 is 0.818 bits per heavy atom. The number of rotatable bonds is 0. The van der Waals surface area contributed by atoms with E-state index in [-0.39, 0.29) is 0 Å². The molecule has 0 saturated carbocycles. The maximum Gasteiger partial charge on any atom is 0.0795 e. The van der Waals surface area contributed by atoms with Gasteiger partial charge < -0.3 is 0 Å². The Labute approximate surface area is 130 Å². The first-order chi connectivity index (χ1) is 10.2. The molecule has 0 aliphatic carbocycles. The number of hydrogen-bond donors (Lipinski definition) is 0. The Bertz CT molecular complexity index is 716. The summed E-state index contributed by atoms with van der Waals surface area (Å²) in [6.07, 6.45) is -1.97. The summed E-state index contributed by atoms with van der Waals surface area (Å²) in [4.78, 5) is 3.66. The number of hydrogen-bond acceptors (Lipinski definition) is 2. The van der Waals surface area contributed by atoms with Crippen LogP contribution in [0.2, 0.25) is 0 Å². The molecule has 0 bridgehead atoms. The van der Waals surface area contributed by atoms with Gasteiger partial charge in [-0.25, -0.2) is 0 Å². The van der Waals surface area contributed by atoms with E-state index in [1.807, 2.05) is 24.4 Å². The average Bonchev–Trinajstić information content (AvgIpc) is 2.46. The van der Waals surface area contributed by atoms with Crippen LogP contribution in [0.25, 0.3) is 21.8 Å². The van der Waals surface area contributed by atoms with Gasteiger partial charge in [-0.05, 0) is 24.3 Å². The van der Waals surface area contributed by atoms with Gasteiger partial charge in [-0.2, -0.15) is 0 Å². The van der Waals surface area contributed by atoms with Crippen LogP contribution in [0.5, 0.6) is 0 Å². The van der Waals surface area contributed by atoms with Gasteiger partial charge in [0.2, 0.25) is 0 Å². The maximum atomic E-state index is 10.9. The van der Waals surface area contributed by atoms with Crippen molar-refractivity contribution in [3.8, 4) is 0 Å². The zero-order chi connectivity index (χ0) is 16.4. The third-order valence-corrected chi connectivity index (χ3v) is 2.92. The molecule has 0 N–H and O–H groups in total. The first-order valence-corrected chi connectivity index (χ1v) is 6.35. The first kappa shape index (κ1) is 16.6. The van der Waals surface area contributed by atoms with Crippen molar-refractivity contribution >= 4 is 21.8 Å². The van der Waals surface area contributed by atoms with Crippen molar-refractivity contribution < 1.29 is 38.0 Å². The van der Waals surface area contributed by atoms with E-state index in [0.29, 0.717) is 0 Å². The van der Waals surface area contributed by atoms with Crippen LogP contribution >= 0.6 is 0 Å². The van der Waals surface area contributed by atoms with Crippen LogP contribution in [0.4, 0.5) is 22.0 Å². The topological polar surface area (TPSA) is 25.8 Å². The van der Waals surface area contributed by atoms with Crippen LogP contribution in [0.1, 0.15) is 0 Å². The SMILES string of the molecule is FC(F)(F)[C](F)(F)[Cu].c1cnc2c(c1)ccc1ncccc12. The minimum absolute atomic E-state index is 0.999. The van der Waals surface area contributed by atoms with E-state index in [9.17, 15) is 22.0 Å². The van der Waals surface area contributed by atoms with Gasteiger partial charge in [-0.3, -0.25) is 9.97 Å². The van der Waals surface area contributed by atoms with Gasteiger partial charge in [-0.1, -0.05) is 12.1 Å². The summed E-state index contributed by atoms with van der Waals surface area (Å²) in [7, 11) is 0. The van der Waals surface area contributed by atoms with Crippen molar-refractivity contribution in [3.63, 3.8) is 0 Å². The maximum absolute atomic E-state index is 10.9. The molecule has 0 fully saturated rings.